The van der Waals surface area contributed by atoms with E-state index in [-0.39, 0.29) is 11.6 Å². The first-order valence-corrected chi connectivity index (χ1v) is 7.18. The predicted octanol–water partition coefficient (Wildman–Crippen LogP) is 2.22. The topological polar surface area (TPSA) is 78.5 Å². The molecule has 0 bridgehead atoms. The number of nitrogens with one attached hydrogen (secondary N) is 2. The van der Waals surface area contributed by atoms with E-state index in [0.717, 1.165) is 29.2 Å². The van der Waals surface area contributed by atoms with Crippen molar-refractivity contribution in [2.45, 2.75) is 26.1 Å². The Morgan fingerprint density at radius 1 is 1.25 bits per heavy atom. The number of amides is 4. The standard InChI is InChI=1S/C15H16F3N3O3/c1-8(2)12-13(23)21(14(24)20-12)7-11(22)19-10-5-3-9(4-6-10)15(16,17)18/h3-6,8,12H,7H2,1-2H3,(H,19,22)(H,20,24)/t12-/m0/s1. The second-order valence-electron chi connectivity index (χ2n) is 5.72. The van der Waals surface area contributed by atoms with Crippen molar-refractivity contribution in [1.82, 2.24) is 10.2 Å². The van der Waals surface area contributed by atoms with Gasteiger partial charge in [0.25, 0.3) is 5.91 Å². The van der Waals surface area contributed by atoms with Crippen LogP contribution in [0.4, 0.5) is 23.7 Å². The first-order chi connectivity index (χ1) is 11.1. The maximum Gasteiger partial charge on any atom is 0.416 e. The normalized spacial score (nSPS) is 18.1. The molecule has 6 nitrogen and oxygen atoms in total. The molecule has 2 N–H and O–H groups in total. The summed E-state index contributed by atoms with van der Waals surface area (Å²) in [5, 5.41) is 4.83. The number of halogens is 3. The van der Waals surface area contributed by atoms with Crippen LogP contribution >= 0.6 is 0 Å². The molecule has 1 atom stereocenters. The van der Waals surface area contributed by atoms with Crippen molar-refractivity contribution in [3.05, 3.63) is 29.8 Å². The van der Waals surface area contributed by atoms with Crippen LogP contribution in [0.1, 0.15) is 19.4 Å². The van der Waals surface area contributed by atoms with Crippen LogP contribution in [0.3, 0.4) is 0 Å². The van der Waals surface area contributed by atoms with Gasteiger partial charge in [-0.05, 0) is 30.2 Å². The van der Waals surface area contributed by atoms with Gasteiger partial charge in [0.2, 0.25) is 5.91 Å². The van der Waals surface area contributed by atoms with Crippen LogP contribution in [-0.4, -0.2) is 35.3 Å². The minimum Gasteiger partial charge on any atom is -0.326 e. The molecule has 0 unspecified atom stereocenters. The molecule has 1 heterocycles. The summed E-state index contributed by atoms with van der Waals surface area (Å²) in [5.74, 6) is -1.30. The summed E-state index contributed by atoms with van der Waals surface area (Å²) in [6.45, 7) is 3.01. The Balaban J connectivity index is 1.99. The Morgan fingerprint density at radius 3 is 2.29 bits per heavy atom. The number of anilines is 1. The molecule has 2 rings (SSSR count). The van der Waals surface area contributed by atoms with Gasteiger partial charge in [-0.1, -0.05) is 13.8 Å². The first kappa shape index (κ1) is 17.8. The molecular weight excluding hydrogens is 327 g/mol. The largest absolute Gasteiger partial charge is 0.416 e. The molecule has 0 aliphatic carbocycles. The Labute approximate surface area is 136 Å². The highest BCUT2D eigenvalue weighted by atomic mass is 19.4. The summed E-state index contributed by atoms with van der Waals surface area (Å²) in [4.78, 5) is 36.5. The molecule has 0 spiro atoms. The maximum absolute atomic E-state index is 12.5. The van der Waals surface area contributed by atoms with E-state index in [0.29, 0.717) is 0 Å². The second-order valence-corrected chi connectivity index (χ2v) is 5.72. The van der Waals surface area contributed by atoms with E-state index in [1.807, 2.05) is 0 Å². The summed E-state index contributed by atoms with van der Waals surface area (Å²) in [5.41, 5.74) is -0.699. The van der Waals surface area contributed by atoms with Crippen molar-refractivity contribution in [2.75, 3.05) is 11.9 Å². The molecule has 1 aromatic rings. The van der Waals surface area contributed by atoms with Crippen LogP contribution in [0, 0.1) is 5.92 Å². The second kappa shape index (κ2) is 6.50. The fourth-order valence-corrected chi connectivity index (χ4v) is 2.23. The van der Waals surface area contributed by atoms with Gasteiger partial charge < -0.3 is 10.6 Å². The number of urea groups is 1. The van der Waals surface area contributed by atoms with Crippen molar-refractivity contribution in [2.24, 2.45) is 5.92 Å². The number of hydrogen-bond acceptors (Lipinski definition) is 3. The van der Waals surface area contributed by atoms with Crippen molar-refractivity contribution in [3.63, 3.8) is 0 Å². The lowest BCUT2D eigenvalue weighted by Crippen LogP contribution is -2.39. The smallest absolute Gasteiger partial charge is 0.326 e. The van der Waals surface area contributed by atoms with Crippen LogP contribution in [0.15, 0.2) is 24.3 Å². The zero-order valence-corrected chi connectivity index (χ0v) is 13.0. The van der Waals surface area contributed by atoms with Crippen LogP contribution in [0.25, 0.3) is 0 Å². The van der Waals surface area contributed by atoms with Crippen molar-refractivity contribution in [1.29, 1.82) is 0 Å². The lowest BCUT2D eigenvalue weighted by molar-refractivity contribution is -0.137. The van der Waals surface area contributed by atoms with Crippen molar-refractivity contribution in [3.8, 4) is 0 Å². The van der Waals surface area contributed by atoms with Crippen molar-refractivity contribution >= 4 is 23.5 Å². The number of alkyl halides is 3. The van der Waals surface area contributed by atoms with Gasteiger partial charge in [-0.2, -0.15) is 13.2 Å². The number of imide groups is 1. The van der Waals surface area contributed by atoms with Crippen LogP contribution in [0.5, 0.6) is 0 Å². The number of carbonyl (C=O) groups is 3. The van der Waals surface area contributed by atoms with E-state index in [1.54, 1.807) is 13.8 Å². The van der Waals surface area contributed by atoms with E-state index in [4.69, 9.17) is 0 Å². The van der Waals surface area contributed by atoms with E-state index in [2.05, 4.69) is 10.6 Å². The lowest BCUT2D eigenvalue weighted by Gasteiger charge is -2.14. The Bertz CT molecular complexity index is 656. The molecule has 9 heteroatoms. The number of carbonyl (C=O) groups excluding carboxylic acids is 3. The molecule has 1 saturated heterocycles. The summed E-state index contributed by atoms with van der Waals surface area (Å²) in [6, 6.07) is 2.51. The van der Waals surface area contributed by atoms with Gasteiger partial charge in [0.1, 0.15) is 12.6 Å². The van der Waals surface area contributed by atoms with E-state index in [1.165, 1.54) is 0 Å². The molecule has 0 radical (unpaired) electrons. The summed E-state index contributed by atoms with van der Waals surface area (Å²) in [6.07, 6.45) is -4.46. The number of nitrogens with zero attached hydrogens (tertiary/aromatic N) is 1. The van der Waals surface area contributed by atoms with Gasteiger partial charge in [-0.25, -0.2) is 4.79 Å². The third kappa shape index (κ3) is 3.84. The average Bonchev–Trinajstić information content (AvgIpc) is 2.75. The molecule has 0 saturated carbocycles. The van der Waals surface area contributed by atoms with E-state index >= 15 is 0 Å². The average molecular weight is 343 g/mol. The highest BCUT2D eigenvalue weighted by molar-refractivity contribution is 6.08. The molecule has 130 valence electrons. The zero-order valence-electron chi connectivity index (χ0n) is 13.0. The van der Waals surface area contributed by atoms with Gasteiger partial charge in [-0.3, -0.25) is 14.5 Å². The van der Waals surface area contributed by atoms with Gasteiger partial charge in [-0.15, -0.1) is 0 Å². The van der Waals surface area contributed by atoms with E-state index < -0.39 is 42.2 Å². The van der Waals surface area contributed by atoms with E-state index in [9.17, 15) is 27.6 Å². The highest BCUT2D eigenvalue weighted by Gasteiger charge is 2.40. The quantitative estimate of drug-likeness (QED) is 0.823. The minimum atomic E-state index is -4.46. The number of hydrogen-bond donors (Lipinski definition) is 2. The van der Waals surface area contributed by atoms with Gasteiger partial charge in [0.15, 0.2) is 0 Å². The predicted molar refractivity (Wildman–Crippen MR) is 78.9 cm³/mol. The van der Waals surface area contributed by atoms with Gasteiger partial charge in [0, 0.05) is 5.69 Å². The van der Waals surface area contributed by atoms with Gasteiger partial charge >= 0.3 is 12.2 Å². The lowest BCUT2D eigenvalue weighted by atomic mass is 10.1. The molecule has 24 heavy (non-hydrogen) atoms. The molecule has 1 aromatic carbocycles. The Kier molecular flexibility index (Phi) is 4.81. The summed E-state index contributed by atoms with van der Waals surface area (Å²) < 4.78 is 37.4. The fourth-order valence-electron chi connectivity index (χ4n) is 2.23. The van der Waals surface area contributed by atoms with Gasteiger partial charge in [0.05, 0.1) is 5.56 Å². The summed E-state index contributed by atoms with van der Waals surface area (Å²) >= 11 is 0. The molecule has 1 fully saturated rings. The van der Waals surface area contributed by atoms with Crippen molar-refractivity contribution < 1.29 is 27.6 Å². The Morgan fingerprint density at radius 2 is 1.83 bits per heavy atom. The third-order valence-electron chi connectivity index (χ3n) is 3.52. The zero-order chi connectivity index (χ0) is 18.1. The fraction of sp³-hybridized carbons (Fsp3) is 0.400. The molecule has 1 aliphatic heterocycles. The van der Waals surface area contributed by atoms with Crippen LogP contribution in [0.2, 0.25) is 0 Å². The summed E-state index contributed by atoms with van der Waals surface area (Å²) in [7, 11) is 0. The minimum absolute atomic E-state index is 0.121. The molecule has 0 aromatic heterocycles. The Hall–Kier alpha value is -2.58. The molecular formula is C15H16F3N3O3. The van der Waals surface area contributed by atoms with Crippen LogP contribution in [-0.2, 0) is 15.8 Å². The first-order valence-electron chi connectivity index (χ1n) is 7.18. The molecule has 4 amide bonds. The highest BCUT2D eigenvalue weighted by Crippen LogP contribution is 2.29. The van der Waals surface area contributed by atoms with Crippen LogP contribution < -0.4 is 10.6 Å². The monoisotopic (exact) mass is 343 g/mol. The SMILES string of the molecule is CC(C)[C@@H]1NC(=O)N(CC(=O)Nc2ccc(C(F)(F)F)cc2)C1=O. The maximum atomic E-state index is 12.5. The third-order valence-corrected chi connectivity index (χ3v) is 3.52. The number of rotatable bonds is 4. The number of benzene rings is 1. The molecule has 1 aliphatic rings.